The lowest BCUT2D eigenvalue weighted by atomic mass is 9.91. The quantitative estimate of drug-likeness (QED) is 0.349. The van der Waals surface area contributed by atoms with Crippen LogP contribution in [0.2, 0.25) is 5.02 Å². The Morgan fingerprint density at radius 2 is 1.97 bits per heavy atom. The zero-order valence-electron chi connectivity index (χ0n) is 17.9. The fourth-order valence-corrected chi connectivity index (χ4v) is 4.54. The number of benzene rings is 1. The summed E-state index contributed by atoms with van der Waals surface area (Å²) in [4.78, 5) is 29.0. The number of carbonyl (C=O) groups is 1. The minimum atomic E-state index is -0.190. The predicted octanol–water partition coefficient (Wildman–Crippen LogP) is 4.41. The lowest BCUT2D eigenvalue weighted by Gasteiger charge is -2.30. The number of pyridine rings is 1. The second kappa shape index (κ2) is 9.07. The van der Waals surface area contributed by atoms with Gasteiger partial charge in [-0.05, 0) is 49.9 Å². The molecule has 0 spiro atoms. The van der Waals surface area contributed by atoms with Gasteiger partial charge in [0, 0.05) is 34.7 Å². The summed E-state index contributed by atoms with van der Waals surface area (Å²) in [6.45, 7) is 0. The van der Waals surface area contributed by atoms with Gasteiger partial charge in [0.25, 0.3) is 5.91 Å². The molecule has 1 aliphatic carbocycles. The van der Waals surface area contributed by atoms with Crippen molar-refractivity contribution in [3.63, 3.8) is 0 Å². The van der Waals surface area contributed by atoms with Gasteiger partial charge in [0.15, 0.2) is 0 Å². The minimum Gasteiger partial charge on any atom is -0.397 e. The van der Waals surface area contributed by atoms with Crippen LogP contribution in [-0.2, 0) is 0 Å². The van der Waals surface area contributed by atoms with Crippen molar-refractivity contribution in [2.45, 2.75) is 37.8 Å². The first-order chi connectivity index (χ1) is 16.1. The Bertz CT molecular complexity index is 1290. The number of hydrogen-bond acceptors (Lipinski definition) is 6. The van der Waals surface area contributed by atoms with Crippen molar-refractivity contribution in [1.29, 1.82) is 0 Å². The largest absolute Gasteiger partial charge is 0.397 e. The van der Waals surface area contributed by atoms with Crippen LogP contribution in [-0.4, -0.2) is 37.9 Å². The van der Waals surface area contributed by atoms with E-state index in [1.54, 1.807) is 18.3 Å². The first kappa shape index (κ1) is 21.2. The number of aromatic nitrogens is 4. The van der Waals surface area contributed by atoms with Crippen LogP contribution in [0.3, 0.4) is 0 Å². The van der Waals surface area contributed by atoms with Crippen molar-refractivity contribution in [2.75, 3.05) is 11.1 Å². The normalized spacial score (nSPS) is 18.2. The summed E-state index contributed by atoms with van der Waals surface area (Å²) < 4.78 is 0. The third-order valence-corrected chi connectivity index (χ3v) is 6.23. The Morgan fingerprint density at radius 1 is 1.09 bits per heavy atom. The number of rotatable bonds is 5. The van der Waals surface area contributed by atoms with E-state index in [0.717, 1.165) is 42.1 Å². The van der Waals surface area contributed by atoms with E-state index in [1.165, 1.54) is 6.20 Å². The number of nitrogens with one attached hydrogen (secondary N) is 3. The Labute approximate surface area is 196 Å². The summed E-state index contributed by atoms with van der Waals surface area (Å²) in [6, 6.07) is 11.5. The lowest BCUT2D eigenvalue weighted by Crippen LogP contribution is -2.42. The molecule has 5 N–H and O–H groups in total. The van der Waals surface area contributed by atoms with E-state index < -0.39 is 0 Å². The maximum atomic E-state index is 12.5. The zero-order valence-corrected chi connectivity index (χ0v) is 18.6. The van der Waals surface area contributed by atoms with E-state index in [2.05, 4.69) is 25.6 Å². The van der Waals surface area contributed by atoms with E-state index in [-0.39, 0.29) is 18.0 Å². The van der Waals surface area contributed by atoms with Gasteiger partial charge in [-0.15, -0.1) is 0 Å². The second-order valence-electron chi connectivity index (χ2n) is 8.29. The zero-order chi connectivity index (χ0) is 22.8. The Kier molecular flexibility index (Phi) is 5.83. The molecule has 9 heteroatoms. The maximum absolute atomic E-state index is 12.5. The fourth-order valence-electron chi connectivity index (χ4n) is 4.35. The van der Waals surface area contributed by atoms with Crippen LogP contribution in [0.5, 0.6) is 0 Å². The number of anilines is 2. The number of nitrogens with zero attached hydrogens (tertiary/aromatic N) is 3. The maximum Gasteiger partial charge on any atom is 0.270 e. The number of hydrogen-bond donors (Lipinski definition) is 4. The molecule has 33 heavy (non-hydrogen) atoms. The molecule has 5 rings (SSSR count). The van der Waals surface area contributed by atoms with Gasteiger partial charge in [0.1, 0.15) is 5.69 Å². The molecule has 0 radical (unpaired) electrons. The third kappa shape index (κ3) is 4.61. The number of amides is 1. The SMILES string of the molecule is Nc1ccc(C(=O)N[C@H]2CCC[C@H](Nc3ncc(Cl)c(-c4cccc5[nH]ccc45)n3)C2)nc1. The highest BCUT2D eigenvalue weighted by Crippen LogP contribution is 2.32. The molecule has 3 heterocycles. The molecule has 0 bridgehead atoms. The third-order valence-electron chi connectivity index (χ3n) is 5.96. The van der Waals surface area contributed by atoms with Crippen molar-refractivity contribution in [2.24, 2.45) is 0 Å². The highest BCUT2D eigenvalue weighted by atomic mass is 35.5. The predicted molar refractivity (Wildman–Crippen MR) is 130 cm³/mol. The molecular formula is C24H24ClN7O. The lowest BCUT2D eigenvalue weighted by molar-refractivity contribution is 0.0921. The molecule has 4 aromatic rings. The van der Waals surface area contributed by atoms with E-state index in [1.807, 2.05) is 30.5 Å². The molecule has 0 saturated heterocycles. The molecule has 1 saturated carbocycles. The van der Waals surface area contributed by atoms with E-state index >= 15 is 0 Å². The highest BCUT2D eigenvalue weighted by molar-refractivity contribution is 6.33. The molecule has 1 fully saturated rings. The standard InChI is InChI=1S/C24H24ClN7O/c25-19-13-29-24(32-22(19)18-5-2-6-20-17(18)9-10-27-20)31-16-4-1-3-15(11-16)30-23(33)21-8-7-14(26)12-28-21/h2,5-10,12-13,15-16,27H,1,3-4,11,26H2,(H,30,33)(H,29,31,32)/t15-,16-/m0/s1. The average molecular weight is 462 g/mol. The minimum absolute atomic E-state index is 0.0449. The molecule has 1 aromatic carbocycles. The van der Waals surface area contributed by atoms with E-state index in [9.17, 15) is 4.79 Å². The number of nitrogens with two attached hydrogens (primary N) is 1. The van der Waals surface area contributed by atoms with E-state index in [4.69, 9.17) is 22.3 Å². The second-order valence-corrected chi connectivity index (χ2v) is 8.70. The number of halogens is 1. The van der Waals surface area contributed by atoms with Crippen LogP contribution < -0.4 is 16.4 Å². The van der Waals surface area contributed by atoms with Crippen LogP contribution in [0, 0.1) is 0 Å². The Morgan fingerprint density at radius 3 is 2.82 bits per heavy atom. The molecule has 0 aliphatic heterocycles. The van der Waals surface area contributed by atoms with Crippen molar-refractivity contribution < 1.29 is 4.79 Å². The highest BCUT2D eigenvalue weighted by Gasteiger charge is 2.25. The number of H-pyrrole nitrogens is 1. The van der Waals surface area contributed by atoms with Crippen LogP contribution in [0.25, 0.3) is 22.2 Å². The molecule has 2 atom stereocenters. The molecule has 3 aromatic heterocycles. The number of aromatic amines is 1. The summed E-state index contributed by atoms with van der Waals surface area (Å²) in [5.74, 6) is 0.337. The van der Waals surface area contributed by atoms with Crippen LogP contribution in [0.15, 0.2) is 55.0 Å². The first-order valence-electron chi connectivity index (χ1n) is 10.9. The number of fused-ring (bicyclic) bond motifs is 1. The van der Waals surface area contributed by atoms with Gasteiger partial charge in [-0.1, -0.05) is 23.7 Å². The molecule has 8 nitrogen and oxygen atoms in total. The van der Waals surface area contributed by atoms with Gasteiger partial charge >= 0.3 is 0 Å². The van der Waals surface area contributed by atoms with E-state index in [0.29, 0.717) is 28.0 Å². The summed E-state index contributed by atoms with van der Waals surface area (Å²) in [6.07, 6.45) is 8.67. The number of nitrogen functional groups attached to an aromatic ring is 1. The summed E-state index contributed by atoms with van der Waals surface area (Å²) in [5, 5.41) is 8.08. The number of carbonyl (C=O) groups excluding carboxylic acids is 1. The van der Waals surface area contributed by atoms with Gasteiger partial charge in [-0.3, -0.25) is 4.79 Å². The Hall–Kier alpha value is -3.65. The monoisotopic (exact) mass is 461 g/mol. The summed E-state index contributed by atoms with van der Waals surface area (Å²) in [5.41, 5.74) is 9.22. The van der Waals surface area contributed by atoms with Crippen molar-refractivity contribution in [3.8, 4) is 11.3 Å². The molecule has 1 amide bonds. The van der Waals surface area contributed by atoms with Crippen molar-refractivity contribution in [1.82, 2.24) is 25.3 Å². The Balaban J connectivity index is 1.29. The molecule has 0 unspecified atom stereocenters. The van der Waals surface area contributed by atoms with Gasteiger partial charge < -0.3 is 21.4 Å². The van der Waals surface area contributed by atoms with Gasteiger partial charge in [-0.2, -0.15) is 0 Å². The molecular weight excluding hydrogens is 438 g/mol. The average Bonchev–Trinajstić information content (AvgIpc) is 3.30. The molecule has 168 valence electrons. The van der Waals surface area contributed by atoms with Crippen LogP contribution in [0.1, 0.15) is 36.2 Å². The smallest absolute Gasteiger partial charge is 0.270 e. The van der Waals surface area contributed by atoms with Gasteiger partial charge in [0.05, 0.1) is 28.8 Å². The van der Waals surface area contributed by atoms with Crippen molar-refractivity contribution in [3.05, 3.63) is 65.7 Å². The topological polar surface area (TPSA) is 122 Å². The summed E-state index contributed by atoms with van der Waals surface area (Å²) in [7, 11) is 0. The summed E-state index contributed by atoms with van der Waals surface area (Å²) >= 11 is 6.47. The van der Waals surface area contributed by atoms with Gasteiger partial charge in [-0.25, -0.2) is 15.0 Å². The van der Waals surface area contributed by atoms with Crippen LogP contribution >= 0.6 is 11.6 Å². The van der Waals surface area contributed by atoms with Crippen LogP contribution in [0.4, 0.5) is 11.6 Å². The molecule has 1 aliphatic rings. The first-order valence-corrected chi connectivity index (χ1v) is 11.3. The van der Waals surface area contributed by atoms with Crippen molar-refractivity contribution >= 4 is 40.0 Å². The van der Waals surface area contributed by atoms with Gasteiger partial charge in [0.2, 0.25) is 5.95 Å². The fraction of sp³-hybridized carbons (Fsp3) is 0.250.